The third kappa shape index (κ3) is 5.10. The highest BCUT2D eigenvalue weighted by atomic mass is 35.5. The highest BCUT2D eigenvalue weighted by molar-refractivity contribution is 6.32. The van der Waals surface area contributed by atoms with Gasteiger partial charge in [0.15, 0.2) is 0 Å². The molecule has 1 aromatic carbocycles. The Morgan fingerprint density at radius 1 is 1.43 bits per heavy atom. The smallest absolute Gasteiger partial charge is 0.254 e. The van der Waals surface area contributed by atoms with E-state index in [1.165, 1.54) is 11.0 Å². The fraction of sp³-hybridized carbons (Fsp3) is 0.333. The second kappa shape index (κ2) is 8.30. The summed E-state index contributed by atoms with van der Waals surface area (Å²) in [6.07, 6.45) is 0.360. The second-order valence-corrected chi connectivity index (χ2v) is 4.66. The SMILES string of the molecule is CCN(CC(N)=O)C(=O)c1ccc(C#CCCO)c(Cl)c1. The van der Waals surface area contributed by atoms with E-state index in [0.29, 0.717) is 29.1 Å². The van der Waals surface area contributed by atoms with Crippen molar-refractivity contribution in [1.29, 1.82) is 0 Å². The van der Waals surface area contributed by atoms with Gasteiger partial charge in [0.05, 0.1) is 18.2 Å². The first-order valence-electron chi connectivity index (χ1n) is 6.46. The van der Waals surface area contributed by atoms with Gasteiger partial charge in [-0.05, 0) is 25.1 Å². The molecule has 6 heteroatoms. The topological polar surface area (TPSA) is 83.6 Å². The van der Waals surface area contributed by atoms with Gasteiger partial charge in [0.2, 0.25) is 5.91 Å². The van der Waals surface area contributed by atoms with Crippen LogP contribution >= 0.6 is 11.6 Å². The molecule has 0 spiro atoms. The molecular formula is C15H17ClN2O3. The van der Waals surface area contributed by atoms with E-state index in [1.807, 2.05) is 0 Å². The van der Waals surface area contributed by atoms with Crippen molar-refractivity contribution >= 4 is 23.4 Å². The van der Waals surface area contributed by atoms with Crippen LogP contribution in [0.2, 0.25) is 5.02 Å². The minimum atomic E-state index is -0.567. The number of likely N-dealkylation sites (N-methyl/N-ethyl adjacent to an activating group) is 1. The zero-order valence-electron chi connectivity index (χ0n) is 11.7. The van der Waals surface area contributed by atoms with E-state index in [4.69, 9.17) is 22.4 Å². The first kappa shape index (κ1) is 17.0. The Morgan fingerprint density at radius 2 is 2.14 bits per heavy atom. The molecule has 1 aromatic rings. The van der Waals surface area contributed by atoms with Crippen LogP contribution in [0.4, 0.5) is 0 Å². The number of nitrogens with two attached hydrogens (primary N) is 1. The lowest BCUT2D eigenvalue weighted by molar-refractivity contribution is -0.118. The lowest BCUT2D eigenvalue weighted by Gasteiger charge is -2.19. The summed E-state index contributed by atoms with van der Waals surface area (Å²) >= 11 is 6.08. The molecule has 0 heterocycles. The average molecular weight is 309 g/mol. The zero-order chi connectivity index (χ0) is 15.8. The summed E-state index contributed by atoms with van der Waals surface area (Å²) in [6, 6.07) is 4.75. The van der Waals surface area contributed by atoms with Crippen LogP contribution in [0.3, 0.4) is 0 Å². The molecule has 0 fully saturated rings. The van der Waals surface area contributed by atoms with Crippen molar-refractivity contribution in [2.45, 2.75) is 13.3 Å². The van der Waals surface area contributed by atoms with Gasteiger partial charge in [0, 0.05) is 24.1 Å². The van der Waals surface area contributed by atoms with Crippen molar-refractivity contribution < 1.29 is 14.7 Å². The number of hydrogen-bond acceptors (Lipinski definition) is 3. The van der Waals surface area contributed by atoms with E-state index >= 15 is 0 Å². The lowest BCUT2D eigenvalue weighted by atomic mass is 10.1. The van der Waals surface area contributed by atoms with Crippen molar-refractivity contribution in [3.05, 3.63) is 34.3 Å². The maximum atomic E-state index is 12.2. The van der Waals surface area contributed by atoms with Crippen LogP contribution < -0.4 is 5.73 Å². The van der Waals surface area contributed by atoms with Gasteiger partial charge >= 0.3 is 0 Å². The number of carbonyl (C=O) groups is 2. The quantitative estimate of drug-likeness (QED) is 0.797. The molecule has 0 atom stereocenters. The molecule has 0 saturated heterocycles. The second-order valence-electron chi connectivity index (χ2n) is 4.26. The summed E-state index contributed by atoms with van der Waals surface area (Å²) in [6.45, 7) is 1.99. The van der Waals surface area contributed by atoms with Crippen LogP contribution in [-0.4, -0.2) is 41.5 Å². The predicted molar refractivity (Wildman–Crippen MR) is 80.8 cm³/mol. The molecular weight excluding hydrogens is 292 g/mol. The van der Waals surface area contributed by atoms with E-state index in [0.717, 1.165) is 0 Å². The molecule has 0 radical (unpaired) electrons. The molecule has 0 aliphatic heterocycles. The highest BCUT2D eigenvalue weighted by Crippen LogP contribution is 2.18. The maximum Gasteiger partial charge on any atom is 0.254 e. The Hall–Kier alpha value is -2.03. The number of hydrogen-bond donors (Lipinski definition) is 2. The number of rotatable bonds is 5. The lowest BCUT2D eigenvalue weighted by Crippen LogP contribution is -2.38. The average Bonchev–Trinajstić information content (AvgIpc) is 2.45. The van der Waals surface area contributed by atoms with Gasteiger partial charge in [-0.25, -0.2) is 0 Å². The third-order valence-electron chi connectivity index (χ3n) is 2.69. The molecule has 21 heavy (non-hydrogen) atoms. The number of amides is 2. The van der Waals surface area contributed by atoms with Crippen molar-refractivity contribution in [1.82, 2.24) is 4.90 Å². The molecule has 0 bridgehead atoms. The Labute approximate surface area is 128 Å². The van der Waals surface area contributed by atoms with Crippen molar-refractivity contribution in [2.24, 2.45) is 5.73 Å². The van der Waals surface area contributed by atoms with Gasteiger partial charge < -0.3 is 15.7 Å². The number of aliphatic hydroxyl groups is 1. The van der Waals surface area contributed by atoms with Gasteiger partial charge in [-0.2, -0.15) is 0 Å². The highest BCUT2D eigenvalue weighted by Gasteiger charge is 2.16. The summed E-state index contributed by atoms with van der Waals surface area (Å²) in [7, 11) is 0. The predicted octanol–water partition coefficient (Wildman–Crippen LogP) is 1.02. The summed E-state index contributed by atoms with van der Waals surface area (Å²) in [5.74, 6) is 4.70. The molecule has 2 amide bonds. The normalized spacial score (nSPS) is 9.67. The van der Waals surface area contributed by atoms with Crippen molar-refractivity contribution in [3.8, 4) is 11.8 Å². The molecule has 0 saturated carbocycles. The molecule has 1 rings (SSSR count). The van der Waals surface area contributed by atoms with Crippen LogP contribution in [0.25, 0.3) is 0 Å². The number of aliphatic hydroxyl groups excluding tert-OH is 1. The van der Waals surface area contributed by atoms with Crippen LogP contribution in [0, 0.1) is 11.8 Å². The number of benzene rings is 1. The zero-order valence-corrected chi connectivity index (χ0v) is 12.5. The molecule has 0 unspecified atom stereocenters. The molecule has 3 N–H and O–H groups in total. The van der Waals surface area contributed by atoms with Gasteiger partial charge in [0.1, 0.15) is 0 Å². The minimum absolute atomic E-state index is 0.0141. The maximum absolute atomic E-state index is 12.2. The standard InChI is InChI=1S/C15H17ClN2O3/c1-2-18(10-14(17)20)15(21)12-7-6-11(13(16)9-12)5-3-4-8-19/h6-7,9,19H,2,4,8,10H2,1H3,(H2,17,20). The molecule has 0 aromatic heterocycles. The van der Waals surface area contributed by atoms with E-state index in [1.54, 1.807) is 19.1 Å². The number of carbonyl (C=O) groups excluding carboxylic acids is 2. The van der Waals surface area contributed by atoms with Crippen LogP contribution in [0.15, 0.2) is 18.2 Å². The van der Waals surface area contributed by atoms with E-state index in [9.17, 15) is 9.59 Å². The fourth-order valence-electron chi connectivity index (χ4n) is 1.66. The first-order chi connectivity index (χ1) is 9.99. The Bertz CT molecular complexity index is 590. The van der Waals surface area contributed by atoms with Crippen molar-refractivity contribution in [3.63, 3.8) is 0 Å². The fourth-order valence-corrected chi connectivity index (χ4v) is 1.89. The monoisotopic (exact) mass is 308 g/mol. The minimum Gasteiger partial charge on any atom is -0.395 e. The van der Waals surface area contributed by atoms with Gasteiger partial charge in [-0.15, -0.1) is 0 Å². The van der Waals surface area contributed by atoms with Crippen LogP contribution in [-0.2, 0) is 4.79 Å². The largest absolute Gasteiger partial charge is 0.395 e. The van der Waals surface area contributed by atoms with E-state index < -0.39 is 5.91 Å². The van der Waals surface area contributed by atoms with Gasteiger partial charge in [-0.3, -0.25) is 9.59 Å². The van der Waals surface area contributed by atoms with Crippen molar-refractivity contribution in [2.75, 3.05) is 19.7 Å². The number of nitrogens with zero attached hydrogens (tertiary/aromatic N) is 1. The van der Waals surface area contributed by atoms with Crippen LogP contribution in [0.5, 0.6) is 0 Å². The number of halogens is 1. The Morgan fingerprint density at radius 3 is 2.67 bits per heavy atom. The summed E-state index contributed by atoms with van der Waals surface area (Å²) in [5.41, 5.74) is 6.06. The molecule has 0 aliphatic rings. The Balaban J connectivity index is 2.95. The summed E-state index contributed by atoms with van der Waals surface area (Å²) < 4.78 is 0. The first-order valence-corrected chi connectivity index (χ1v) is 6.84. The van der Waals surface area contributed by atoms with E-state index in [2.05, 4.69) is 11.8 Å². The van der Waals surface area contributed by atoms with Gasteiger partial charge in [-0.1, -0.05) is 23.4 Å². The van der Waals surface area contributed by atoms with Gasteiger partial charge in [0.25, 0.3) is 5.91 Å². The molecule has 0 aliphatic carbocycles. The summed E-state index contributed by atoms with van der Waals surface area (Å²) in [5, 5.41) is 9.02. The number of primary amides is 1. The Kier molecular flexibility index (Phi) is 6.73. The third-order valence-corrected chi connectivity index (χ3v) is 3.00. The molecule has 5 nitrogen and oxygen atoms in total. The van der Waals surface area contributed by atoms with E-state index in [-0.39, 0.29) is 19.1 Å². The summed E-state index contributed by atoms with van der Waals surface area (Å²) in [4.78, 5) is 24.5. The van der Waals surface area contributed by atoms with Crippen LogP contribution in [0.1, 0.15) is 29.3 Å². The molecule has 112 valence electrons.